The van der Waals surface area contributed by atoms with Gasteiger partial charge in [-0.1, -0.05) is 0 Å². The molecule has 0 radical (unpaired) electrons. The van der Waals surface area contributed by atoms with Crippen molar-refractivity contribution >= 4 is 10.9 Å². The molecule has 9 nitrogen and oxygen atoms in total. The number of ether oxygens (including phenoxy) is 5. The fourth-order valence-electron chi connectivity index (χ4n) is 3.00. The molecule has 0 bridgehead atoms. The smallest absolute Gasteiger partial charge is 0.240 e. The molecule has 0 saturated heterocycles. The first kappa shape index (κ1) is 20.4. The molecule has 0 fully saturated rings. The number of fused-ring (bicyclic) bond motifs is 1. The molecule has 2 aromatic carbocycles. The molecule has 0 spiro atoms. The van der Waals surface area contributed by atoms with E-state index < -0.39 is 0 Å². The molecule has 0 unspecified atom stereocenters. The maximum absolute atomic E-state index is 5.94. The van der Waals surface area contributed by atoms with Crippen molar-refractivity contribution in [1.82, 2.24) is 20.2 Å². The van der Waals surface area contributed by atoms with Crippen molar-refractivity contribution < 1.29 is 23.7 Å². The summed E-state index contributed by atoms with van der Waals surface area (Å²) in [5.74, 6) is 2.64. The van der Waals surface area contributed by atoms with Gasteiger partial charge < -0.3 is 23.7 Å². The van der Waals surface area contributed by atoms with E-state index in [0.29, 0.717) is 47.4 Å². The Kier molecular flexibility index (Phi) is 6.13. The highest BCUT2D eigenvalue weighted by atomic mass is 16.5. The maximum Gasteiger partial charge on any atom is 0.240 e. The van der Waals surface area contributed by atoms with E-state index >= 15 is 0 Å². The summed E-state index contributed by atoms with van der Waals surface area (Å²) in [5.41, 5.74) is 2.42. The quantitative estimate of drug-likeness (QED) is 0.406. The predicted molar refractivity (Wildman–Crippen MR) is 114 cm³/mol. The van der Waals surface area contributed by atoms with Gasteiger partial charge in [0.25, 0.3) is 0 Å². The molecule has 4 aromatic rings. The standard InChI is InChI=1S/C22H22N4O5/c1-27-8-9-30-20-11-18-16(10-19(20)29-3)22(24-13-23-18)31-21-12-17(25-26-21)14-4-6-15(28-2)7-5-14/h4-7,10-13H,8-9H2,1-3H3,(H,25,26). The van der Waals surface area contributed by atoms with Gasteiger partial charge in [0.05, 0.1) is 37.4 Å². The molecular weight excluding hydrogens is 400 g/mol. The highest BCUT2D eigenvalue weighted by Gasteiger charge is 2.14. The van der Waals surface area contributed by atoms with Crippen LogP contribution in [0.15, 0.2) is 48.8 Å². The highest BCUT2D eigenvalue weighted by Crippen LogP contribution is 2.36. The Morgan fingerprint density at radius 1 is 0.871 bits per heavy atom. The summed E-state index contributed by atoms with van der Waals surface area (Å²) in [6, 6.07) is 13.0. The number of hydrogen-bond donors (Lipinski definition) is 1. The molecule has 0 aliphatic carbocycles. The monoisotopic (exact) mass is 422 g/mol. The average Bonchev–Trinajstić information content (AvgIpc) is 3.27. The number of rotatable bonds is 9. The molecule has 0 aliphatic rings. The Balaban J connectivity index is 1.60. The van der Waals surface area contributed by atoms with Gasteiger partial charge in [-0.25, -0.2) is 9.97 Å². The van der Waals surface area contributed by atoms with Crippen LogP contribution in [0.5, 0.6) is 29.0 Å². The van der Waals surface area contributed by atoms with Crippen molar-refractivity contribution in [2.75, 3.05) is 34.5 Å². The predicted octanol–water partition coefficient (Wildman–Crippen LogP) is 3.85. The summed E-state index contributed by atoms with van der Waals surface area (Å²) in [6.45, 7) is 0.864. The van der Waals surface area contributed by atoms with Crippen molar-refractivity contribution in [3.8, 4) is 40.3 Å². The normalized spacial score (nSPS) is 10.8. The van der Waals surface area contributed by atoms with Gasteiger partial charge in [-0.2, -0.15) is 0 Å². The minimum absolute atomic E-state index is 0.361. The lowest BCUT2D eigenvalue weighted by Crippen LogP contribution is -2.05. The van der Waals surface area contributed by atoms with E-state index in [2.05, 4.69) is 20.2 Å². The Labute approximate surface area is 178 Å². The third-order valence-corrected chi connectivity index (χ3v) is 4.59. The number of H-pyrrole nitrogens is 1. The summed E-state index contributed by atoms with van der Waals surface area (Å²) in [4.78, 5) is 8.59. The second-order valence-electron chi connectivity index (χ2n) is 6.49. The Morgan fingerprint density at radius 3 is 2.45 bits per heavy atom. The average molecular weight is 422 g/mol. The molecule has 31 heavy (non-hydrogen) atoms. The minimum atomic E-state index is 0.361. The van der Waals surface area contributed by atoms with Gasteiger partial charge in [-0.3, -0.25) is 5.10 Å². The van der Waals surface area contributed by atoms with E-state index in [0.717, 1.165) is 17.0 Å². The molecular formula is C22H22N4O5. The van der Waals surface area contributed by atoms with Crippen LogP contribution in [-0.2, 0) is 4.74 Å². The van der Waals surface area contributed by atoms with Crippen LogP contribution in [0.25, 0.3) is 22.2 Å². The van der Waals surface area contributed by atoms with Gasteiger partial charge in [0.15, 0.2) is 11.5 Å². The SMILES string of the molecule is COCCOc1cc2ncnc(Oc3cc(-c4ccc(OC)cc4)[nH]n3)c2cc1OC. The van der Waals surface area contributed by atoms with E-state index in [1.165, 1.54) is 6.33 Å². The zero-order valence-electron chi connectivity index (χ0n) is 17.4. The van der Waals surface area contributed by atoms with Crippen molar-refractivity contribution in [1.29, 1.82) is 0 Å². The summed E-state index contributed by atoms with van der Waals surface area (Å²) < 4.78 is 27.4. The van der Waals surface area contributed by atoms with Crippen LogP contribution in [0, 0.1) is 0 Å². The van der Waals surface area contributed by atoms with Gasteiger partial charge in [0.1, 0.15) is 18.7 Å². The molecule has 4 rings (SSSR count). The molecule has 0 aliphatic heterocycles. The topological polar surface area (TPSA) is 101 Å². The largest absolute Gasteiger partial charge is 0.497 e. The molecule has 1 N–H and O–H groups in total. The van der Waals surface area contributed by atoms with Gasteiger partial charge in [0, 0.05) is 19.2 Å². The maximum atomic E-state index is 5.94. The third kappa shape index (κ3) is 4.51. The third-order valence-electron chi connectivity index (χ3n) is 4.59. The molecule has 2 aromatic heterocycles. The fourth-order valence-corrected chi connectivity index (χ4v) is 3.00. The fraction of sp³-hybridized carbons (Fsp3) is 0.227. The Hall–Kier alpha value is -3.85. The number of nitrogens with zero attached hydrogens (tertiary/aromatic N) is 3. The number of nitrogens with one attached hydrogen (secondary N) is 1. The zero-order chi connectivity index (χ0) is 21.6. The van der Waals surface area contributed by atoms with Gasteiger partial charge in [0.2, 0.25) is 11.8 Å². The van der Waals surface area contributed by atoms with E-state index in [1.807, 2.05) is 24.3 Å². The van der Waals surface area contributed by atoms with Crippen LogP contribution in [0.4, 0.5) is 0 Å². The summed E-state index contributed by atoms with van der Waals surface area (Å²) in [6.07, 6.45) is 1.43. The highest BCUT2D eigenvalue weighted by molar-refractivity contribution is 5.87. The molecule has 2 heterocycles. The molecule has 0 atom stereocenters. The Bertz CT molecular complexity index is 1160. The van der Waals surface area contributed by atoms with Crippen LogP contribution >= 0.6 is 0 Å². The molecule has 0 saturated carbocycles. The summed E-state index contributed by atoms with van der Waals surface area (Å²) >= 11 is 0. The van der Waals surface area contributed by atoms with Crippen molar-refractivity contribution in [2.45, 2.75) is 0 Å². The van der Waals surface area contributed by atoms with E-state index in [1.54, 1.807) is 39.5 Å². The molecule has 0 amide bonds. The van der Waals surface area contributed by atoms with Crippen LogP contribution in [0.2, 0.25) is 0 Å². The van der Waals surface area contributed by atoms with Gasteiger partial charge in [-0.05, 0) is 35.9 Å². The number of benzene rings is 2. The second-order valence-corrected chi connectivity index (χ2v) is 6.49. The number of aromatic nitrogens is 4. The first-order valence-corrected chi connectivity index (χ1v) is 9.54. The lowest BCUT2D eigenvalue weighted by Gasteiger charge is -2.12. The number of hydrogen-bond acceptors (Lipinski definition) is 8. The number of aromatic amines is 1. The van der Waals surface area contributed by atoms with Crippen LogP contribution in [0.1, 0.15) is 0 Å². The zero-order valence-corrected chi connectivity index (χ0v) is 17.4. The first-order valence-electron chi connectivity index (χ1n) is 9.54. The van der Waals surface area contributed by atoms with E-state index in [9.17, 15) is 0 Å². The van der Waals surface area contributed by atoms with Crippen molar-refractivity contribution in [3.05, 3.63) is 48.8 Å². The summed E-state index contributed by atoms with van der Waals surface area (Å²) in [5, 5.41) is 7.88. The van der Waals surface area contributed by atoms with Gasteiger partial charge >= 0.3 is 0 Å². The lowest BCUT2D eigenvalue weighted by atomic mass is 10.1. The first-order chi connectivity index (χ1) is 15.2. The van der Waals surface area contributed by atoms with Gasteiger partial charge in [-0.15, -0.1) is 5.10 Å². The number of methoxy groups -OCH3 is 3. The second kappa shape index (κ2) is 9.31. The van der Waals surface area contributed by atoms with E-state index in [4.69, 9.17) is 23.7 Å². The molecule has 9 heteroatoms. The molecule has 160 valence electrons. The van der Waals surface area contributed by atoms with Crippen LogP contribution < -0.4 is 18.9 Å². The summed E-state index contributed by atoms with van der Waals surface area (Å²) in [7, 11) is 4.82. The van der Waals surface area contributed by atoms with Crippen molar-refractivity contribution in [2.24, 2.45) is 0 Å². The van der Waals surface area contributed by atoms with Crippen molar-refractivity contribution in [3.63, 3.8) is 0 Å². The lowest BCUT2D eigenvalue weighted by molar-refractivity contribution is 0.144. The van der Waals surface area contributed by atoms with Crippen LogP contribution in [-0.4, -0.2) is 54.7 Å². The van der Waals surface area contributed by atoms with E-state index in [-0.39, 0.29) is 0 Å². The minimum Gasteiger partial charge on any atom is -0.497 e. The Morgan fingerprint density at radius 2 is 1.71 bits per heavy atom. The van der Waals surface area contributed by atoms with Crippen LogP contribution in [0.3, 0.4) is 0 Å².